The number of halogens is 1. The van der Waals surface area contributed by atoms with Crippen molar-refractivity contribution in [1.82, 2.24) is 0 Å². The van der Waals surface area contributed by atoms with Crippen molar-refractivity contribution in [3.8, 4) is 0 Å². The summed E-state index contributed by atoms with van der Waals surface area (Å²) in [7, 11) is 0. The normalized spacial score (nSPS) is 43.1. The lowest BCUT2D eigenvalue weighted by atomic mass is 9.93. The molecule has 3 rings (SSSR count). The summed E-state index contributed by atoms with van der Waals surface area (Å²) in [6.45, 7) is 4.50. The Morgan fingerprint density at radius 2 is 2.38 bits per heavy atom. The zero-order chi connectivity index (χ0) is 11.6. The molecular formula is C13H13ClO2. The van der Waals surface area contributed by atoms with Crippen LogP contribution < -0.4 is 0 Å². The van der Waals surface area contributed by atoms with Gasteiger partial charge in [0.15, 0.2) is 0 Å². The quantitative estimate of drug-likeness (QED) is 0.517. The Kier molecular flexibility index (Phi) is 1.78. The van der Waals surface area contributed by atoms with Crippen molar-refractivity contribution in [2.75, 3.05) is 6.61 Å². The summed E-state index contributed by atoms with van der Waals surface area (Å²) in [5, 5.41) is 0.722. The molecule has 0 bridgehead atoms. The Morgan fingerprint density at radius 1 is 1.62 bits per heavy atom. The first kappa shape index (κ1) is 10.2. The van der Waals surface area contributed by atoms with Gasteiger partial charge in [-0.15, -0.1) is 0 Å². The lowest BCUT2D eigenvalue weighted by Crippen LogP contribution is -2.15. The van der Waals surface area contributed by atoms with E-state index in [-0.39, 0.29) is 17.3 Å². The molecule has 0 aromatic carbocycles. The standard InChI is InChI=1S/C13H13ClO2/c1-8(2)6-13-10-5-9(14)3-4-12(10,13)7-16-11(13)15/h3-6,10H,7H2,1-2H3/t10-,12-,13-/m1/s1. The molecule has 1 spiro atoms. The number of hydrogen-bond acceptors (Lipinski definition) is 2. The topological polar surface area (TPSA) is 26.3 Å². The highest BCUT2D eigenvalue weighted by molar-refractivity contribution is 6.31. The number of cyclic esters (lactones) is 1. The number of ether oxygens (including phenoxy) is 1. The maximum Gasteiger partial charge on any atom is 0.317 e. The lowest BCUT2D eigenvalue weighted by Gasteiger charge is -2.10. The molecule has 2 aliphatic carbocycles. The third-order valence-electron chi connectivity index (χ3n) is 3.89. The summed E-state index contributed by atoms with van der Waals surface area (Å²) in [6, 6.07) is 0. The Labute approximate surface area is 99.6 Å². The second-order valence-electron chi connectivity index (χ2n) is 5.07. The lowest BCUT2D eigenvalue weighted by molar-refractivity contribution is -0.144. The van der Waals surface area contributed by atoms with Crippen molar-refractivity contribution in [2.24, 2.45) is 16.7 Å². The Hall–Kier alpha value is -1.02. The van der Waals surface area contributed by atoms with Gasteiger partial charge in [-0.2, -0.15) is 0 Å². The molecule has 3 atom stereocenters. The third kappa shape index (κ3) is 0.921. The zero-order valence-electron chi connectivity index (χ0n) is 9.29. The van der Waals surface area contributed by atoms with Crippen molar-refractivity contribution in [1.29, 1.82) is 0 Å². The fourth-order valence-electron chi connectivity index (χ4n) is 3.20. The first-order valence-corrected chi connectivity index (χ1v) is 5.80. The van der Waals surface area contributed by atoms with Gasteiger partial charge in [0, 0.05) is 11.0 Å². The number of carbonyl (C=O) groups is 1. The van der Waals surface area contributed by atoms with Crippen LogP contribution in [0.5, 0.6) is 0 Å². The van der Waals surface area contributed by atoms with Crippen LogP contribution in [0.3, 0.4) is 0 Å². The number of allylic oxidation sites excluding steroid dienone is 4. The predicted molar refractivity (Wildman–Crippen MR) is 61.8 cm³/mol. The first-order valence-electron chi connectivity index (χ1n) is 5.43. The van der Waals surface area contributed by atoms with E-state index in [2.05, 4.69) is 0 Å². The molecule has 16 heavy (non-hydrogen) atoms. The van der Waals surface area contributed by atoms with Crippen molar-refractivity contribution in [3.63, 3.8) is 0 Å². The van der Waals surface area contributed by atoms with E-state index in [0.717, 1.165) is 10.6 Å². The molecule has 84 valence electrons. The molecule has 0 aromatic rings. The van der Waals surface area contributed by atoms with Crippen LogP contribution in [0.25, 0.3) is 0 Å². The SMILES string of the molecule is CC(C)=C[C@@]12C(=O)OC[C@@]13C=CC(Cl)=C[C@@H]23. The maximum atomic E-state index is 12.0. The van der Waals surface area contributed by atoms with Gasteiger partial charge in [-0.1, -0.05) is 35.4 Å². The summed E-state index contributed by atoms with van der Waals surface area (Å²) >= 11 is 5.99. The molecule has 0 radical (unpaired) electrons. The smallest absolute Gasteiger partial charge is 0.317 e. The number of esters is 1. The zero-order valence-corrected chi connectivity index (χ0v) is 10.0. The van der Waals surface area contributed by atoms with E-state index in [0.29, 0.717) is 6.61 Å². The van der Waals surface area contributed by atoms with Crippen LogP contribution >= 0.6 is 11.6 Å². The third-order valence-corrected chi connectivity index (χ3v) is 4.15. The maximum absolute atomic E-state index is 12.0. The van der Waals surface area contributed by atoms with Gasteiger partial charge < -0.3 is 4.74 Å². The summed E-state index contributed by atoms with van der Waals surface area (Å²) < 4.78 is 5.21. The van der Waals surface area contributed by atoms with Crippen molar-refractivity contribution in [3.05, 3.63) is 34.9 Å². The Bertz CT molecular complexity index is 470. The predicted octanol–water partition coefficient (Wildman–Crippen LogP) is 2.80. The average molecular weight is 237 g/mol. The summed E-state index contributed by atoms with van der Waals surface area (Å²) in [5.74, 6) is 0.0830. The second kappa shape index (κ2) is 2.80. The molecule has 3 heteroatoms. The van der Waals surface area contributed by atoms with Crippen LogP contribution in [0.2, 0.25) is 0 Å². The summed E-state index contributed by atoms with van der Waals surface area (Å²) in [6.07, 6.45) is 7.95. The number of carbonyl (C=O) groups excluding carboxylic acids is 1. The number of rotatable bonds is 1. The monoisotopic (exact) mass is 236 g/mol. The average Bonchev–Trinajstić information content (AvgIpc) is 2.66. The van der Waals surface area contributed by atoms with Gasteiger partial charge in [0.2, 0.25) is 0 Å². The van der Waals surface area contributed by atoms with Gasteiger partial charge in [-0.25, -0.2) is 0 Å². The van der Waals surface area contributed by atoms with E-state index in [1.165, 1.54) is 0 Å². The molecule has 0 unspecified atom stereocenters. The van der Waals surface area contributed by atoms with Gasteiger partial charge in [0.05, 0.1) is 5.41 Å². The molecule has 1 heterocycles. The highest BCUT2D eigenvalue weighted by Crippen LogP contribution is 2.76. The van der Waals surface area contributed by atoms with E-state index in [1.54, 1.807) is 0 Å². The van der Waals surface area contributed by atoms with Crippen LogP contribution in [0.1, 0.15) is 13.8 Å². The molecular weight excluding hydrogens is 224 g/mol. The molecule has 0 amide bonds. The Morgan fingerprint density at radius 3 is 3.06 bits per heavy atom. The highest BCUT2D eigenvalue weighted by Gasteiger charge is 2.82. The molecule has 2 fully saturated rings. The van der Waals surface area contributed by atoms with Gasteiger partial charge in [0.1, 0.15) is 12.0 Å². The molecule has 1 aliphatic heterocycles. The number of fused-ring (bicyclic) bond motifs is 1. The highest BCUT2D eigenvalue weighted by atomic mass is 35.5. The summed E-state index contributed by atoms with van der Waals surface area (Å²) in [5.41, 5.74) is 0.518. The van der Waals surface area contributed by atoms with Crippen LogP contribution in [0.4, 0.5) is 0 Å². The van der Waals surface area contributed by atoms with Crippen molar-refractivity contribution < 1.29 is 9.53 Å². The van der Waals surface area contributed by atoms with E-state index in [1.807, 2.05) is 38.2 Å². The van der Waals surface area contributed by atoms with Crippen LogP contribution in [0.15, 0.2) is 34.9 Å². The van der Waals surface area contributed by atoms with E-state index >= 15 is 0 Å². The van der Waals surface area contributed by atoms with Gasteiger partial charge in [-0.3, -0.25) is 4.79 Å². The minimum absolute atomic E-state index is 0.106. The van der Waals surface area contributed by atoms with Crippen LogP contribution in [-0.4, -0.2) is 12.6 Å². The largest absolute Gasteiger partial charge is 0.464 e. The molecule has 1 saturated carbocycles. The van der Waals surface area contributed by atoms with E-state index < -0.39 is 5.41 Å². The summed E-state index contributed by atoms with van der Waals surface area (Å²) in [4.78, 5) is 12.0. The van der Waals surface area contributed by atoms with E-state index in [9.17, 15) is 4.79 Å². The van der Waals surface area contributed by atoms with Crippen molar-refractivity contribution >= 4 is 17.6 Å². The minimum Gasteiger partial charge on any atom is -0.464 e. The van der Waals surface area contributed by atoms with Crippen LogP contribution in [-0.2, 0) is 9.53 Å². The molecule has 0 aromatic heterocycles. The fraction of sp³-hybridized carbons (Fsp3) is 0.462. The first-order chi connectivity index (χ1) is 7.53. The van der Waals surface area contributed by atoms with Gasteiger partial charge >= 0.3 is 5.97 Å². The van der Waals surface area contributed by atoms with Gasteiger partial charge in [0.25, 0.3) is 0 Å². The minimum atomic E-state index is -0.473. The Balaban J connectivity index is 2.13. The van der Waals surface area contributed by atoms with Gasteiger partial charge in [-0.05, 0) is 19.9 Å². The molecule has 3 aliphatic rings. The van der Waals surface area contributed by atoms with E-state index in [4.69, 9.17) is 16.3 Å². The molecule has 1 saturated heterocycles. The number of hydrogen-bond donors (Lipinski definition) is 0. The van der Waals surface area contributed by atoms with Crippen LogP contribution in [0, 0.1) is 16.7 Å². The molecule has 0 N–H and O–H groups in total. The van der Waals surface area contributed by atoms with Crippen molar-refractivity contribution in [2.45, 2.75) is 13.8 Å². The second-order valence-corrected chi connectivity index (χ2v) is 5.51. The molecule has 2 nitrogen and oxygen atoms in total. The fourth-order valence-corrected chi connectivity index (χ4v) is 3.39.